The third kappa shape index (κ3) is 3.49. The number of thiazole rings is 1. The summed E-state index contributed by atoms with van der Waals surface area (Å²) >= 11 is 1.96. The number of rotatable bonds is 4. The maximum absolute atomic E-state index is 13.6. The fourth-order valence-corrected chi connectivity index (χ4v) is 3.68. The van der Waals surface area contributed by atoms with E-state index in [0.717, 1.165) is 23.0 Å². The molecule has 3 aromatic rings. The van der Waals surface area contributed by atoms with Crippen molar-refractivity contribution in [3.05, 3.63) is 45.4 Å². The van der Waals surface area contributed by atoms with Gasteiger partial charge in [0.05, 0.1) is 4.70 Å². The Kier molecular flexibility index (Phi) is 4.73. The van der Waals surface area contributed by atoms with Crippen molar-refractivity contribution in [2.75, 3.05) is 11.9 Å². The van der Waals surface area contributed by atoms with Crippen LogP contribution in [0.3, 0.4) is 0 Å². The van der Waals surface area contributed by atoms with E-state index in [1.165, 1.54) is 11.3 Å². The number of carbonyl (C=O) groups is 2. The zero-order valence-corrected chi connectivity index (χ0v) is 14.2. The molecule has 3 rings (SSSR count). The van der Waals surface area contributed by atoms with Gasteiger partial charge in [0.2, 0.25) is 0 Å². The first-order valence-electron chi connectivity index (χ1n) is 6.82. The minimum absolute atomic E-state index is 0.0397. The zero-order chi connectivity index (χ0) is 18.1. The van der Waals surface area contributed by atoms with Crippen molar-refractivity contribution in [1.82, 2.24) is 4.98 Å². The van der Waals surface area contributed by atoms with Gasteiger partial charge in [-0.2, -0.15) is 0 Å². The number of fused-ring (bicyclic) bond motifs is 1. The van der Waals surface area contributed by atoms with Gasteiger partial charge in [0.25, 0.3) is 5.91 Å². The van der Waals surface area contributed by atoms with Gasteiger partial charge >= 0.3 is 5.97 Å². The summed E-state index contributed by atoms with van der Waals surface area (Å²) in [5.41, 5.74) is 0.353. The normalized spacial score (nSPS) is 10.9. The van der Waals surface area contributed by atoms with Crippen LogP contribution in [0.15, 0.2) is 17.5 Å². The fourth-order valence-electron chi connectivity index (χ4n) is 1.96. The second kappa shape index (κ2) is 6.81. The number of ether oxygens (including phenoxy) is 1. The Morgan fingerprint density at radius 1 is 1.28 bits per heavy atom. The number of anilines is 1. The lowest BCUT2D eigenvalue weighted by atomic mass is 10.3. The average Bonchev–Trinajstić information content (AvgIpc) is 3.16. The molecule has 0 radical (unpaired) electrons. The predicted molar refractivity (Wildman–Crippen MR) is 87.5 cm³/mol. The van der Waals surface area contributed by atoms with Crippen molar-refractivity contribution in [2.45, 2.75) is 6.92 Å². The fraction of sp³-hybridized carbons (Fsp3) is 0.133. The van der Waals surface area contributed by atoms with Crippen LogP contribution >= 0.6 is 22.7 Å². The zero-order valence-electron chi connectivity index (χ0n) is 12.6. The van der Waals surface area contributed by atoms with Crippen molar-refractivity contribution in [3.63, 3.8) is 0 Å². The number of amides is 1. The lowest BCUT2D eigenvalue weighted by Crippen LogP contribution is -2.20. The molecule has 2 heterocycles. The Bertz CT molecular complexity index is 984. The molecule has 1 aromatic carbocycles. The Morgan fingerprint density at radius 2 is 2.04 bits per heavy atom. The quantitative estimate of drug-likeness (QED) is 0.546. The number of carbonyl (C=O) groups excluding carboxylic acids is 2. The second-order valence-electron chi connectivity index (χ2n) is 4.91. The van der Waals surface area contributed by atoms with Crippen molar-refractivity contribution < 1.29 is 27.5 Å². The molecule has 0 aliphatic carbocycles. The third-order valence-electron chi connectivity index (χ3n) is 3.15. The monoisotopic (exact) mass is 386 g/mol. The third-order valence-corrected chi connectivity index (χ3v) is 5.06. The van der Waals surface area contributed by atoms with Gasteiger partial charge in [0.15, 0.2) is 29.2 Å². The standard InChI is InChI=1S/C15H9F3N2O3S2/c1-6-2-3-24-13(6)14(22)23-5-9(21)19-15-20-12-8(25-15)4-7(16)10(17)11(12)18/h2-4H,5H2,1H3,(H,19,20,21). The van der Waals surface area contributed by atoms with Crippen LogP contribution in [0.4, 0.5) is 18.3 Å². The van der Waals surface area contributed by atoms with E-state index in [-0.39, 0.29) is 15.3 Å². The highest BCUT2D eigenvalue weighted by Crippen LogP contribution is 2.30. The Labute approximate surface area is 147 Å². The minimum Gasteiger partial charge on any atom is -0.451 e. The number of halogens is 3. The molecule has 10 heteroatoms. The first-order chi connectivity index (χ1) is 11.9. The number of aromatic nitrogens is 1. The van der Waals surface area contributed by atoms with Gasteiger partial charge in [0, 0.05) is 0 Å². The number of esters is 1. The highest BCUT2D eigenvalue weighted by atomic mass is 32.1. The van der Waals surface area contributed by atoms with Crippen molar-refractivity contribution in [3.8, 4) is 0 Å². The summed E-state index contributed by atoms with van der Waals surface area (Å²) in [6.07, 6.45) is 0. The summed E-state index contributed by atoms with van der Waals surface area (Å²) in [6.45, 7) is 1.17. The van der Waals surface area contributed by atoms with Crippen LogP contribution in [-0.2, 0) is 9.53 Å². The van der Waals surface area contributed by atoms with Gasteiger partial charge in [-0.05, 0) is 30.0 Å². The number of aryl methyl sites for hydroxylation is 1. The van der Waals surface area contributed by atoms with Crippen LogP contribution in [0.2, 0.25) is 0 Å². The maximum atomic E-state index is 13.6. The summed E-state index contributed by atoms with van der Waals surface area (Å²) in [7, 11) is 0. The van der Waals surface area contributed by atoms with Crippen LogP contribution in [0.5, 0.6) is 0 Å². The smallest absolute Gasteiger partial charge is 0.349 e. The Hall–Kier alpha value is -2.46. The Morgan fingerprint density at radius 3 is 2.72 bits per heavy atom. The lowest BCUT2D eigenvalue weighted by Gasteiger charge is -2.03. The highest BCUT2D eigenvalue weighted by Gasteiger charge is 2.19. The van der Waals surface area contributed by atoms with E-state index in [1.807, 2.05) is 0 Å². The summed E-state index contributed by atoms with van der Waals surface area (Å²) in [4.78, 5) is 27.7. The number of hydrogen-bond acceptors (Lipinski definition) is 6. The molecule has 0 bridgehead atoms. The molecule has 0 spiro atoms. The number of nitrogens with one attached hydrogen (secondary N) is 1. The molecule has 0 unspecified atom stereocenters. The lowest BCUT2D eigenvalue weighted by molar-refractivity contribution is -0.119. The van der Waals surface area contributed by atoms with Gasteiger partial charge < -0.3 is 4.74 Å². The average molecular weight is 386 g/mol. The SMILES string of the molecule is Cc1ccsc1C(=O)OCC(=O)Nc1nc2c(F)c(F)c(F)cc2s1. The molecule has 0 aliphatic rings. The van der Waals surface area contributed by atoms with E-state index in [0.29, 0.717) is 4.88 Å². The molecule has 0 saturated heterocycles. The molecule has 0 saturated carbocycles. The van der Waals surface area contributed by atoms with Crippen LogP contribution < -0.4 is 5.32 Å². The molecule has 5 nitrogen and oxygen atoms in total. The van der Waals surface area contributed by atoms with Crippen molar-refractivity contribution in [1.29, 1.82) is 0 Å². The molecule has 0 aliphatic heterocycles. The number of benzene rings is 1. The van der Waals surface area contributed by atoms with E-state index >= 15 is 0 Å². The van der Waals surface area contributed by atoms with Crippen LogP contribution in [0, 0.1) is 24.4 Å². The van der Waals surface area contributed by atoms with Gasteiger partial charge in [-0.15, -0.1) is 11.3 Å². The number of nitrogens with zero attached hydrogens (tertiary/aromatic N) is 1. The molecular formula is C15H9F3N2O3S2. The van der Waals surface area contributed by atoms with E-state index in [9.17, 15) is 22.8 Å². The summed E-state index contributed by atoms with van der Waals surface area (Å²) in [5, 5.41) is 3.96. The molecule has 0 atom stereocenters. The first-order valence-corrected chi connectivity index (χ1v) is 8.51. The van der Waals surface area contributed by atoms with E-state index < -0.39 is 35.9 Å². The molecule has 25 heavy (non-hydrogen) atoms. The summed E-state index contributed by atoms with van der Waals surface area (Å²) in [5.74, 6) is -5.74. The predicted octanol–water partition coefficient (Wildman–Crippen LogP) is 3.88. The molecular weight excluding hydrogens is 377 g/mol. The molecule has 2 aromatic heterocycles. The minimum atomic E-state index is -1.63. The highest BCUT2D eigenvalue weighted by molar-refractivity contribution is 7.22. The van der Waals surface area contributed by atoms with Gasteiger partial charge in [-0.3, -0.25) is 10.1 Å². The molecule has 1 N–H and O–H groups in total. The van der Waals surface area contributed by atoms with Crippen LogP contribution in [-0.4, -0.2) is 23.5 Å². The van der Waals surface area contributed by atoms with Gasteiger partial charge in [-0.25, -0.2) is 22.9 Å². The van der Waals surface area contributed by atoms with Crippen LogP contribution in [0.1, 0.15) is 15.2 Å². The molecule has 130 valence electrons. The van der Waals surface area contributed by atoms with Gasteiger partial charge in [-0.1, -0.05) is 11.3 Å². The molecule has 0 fully saturated rings. The Balaban J connectivity index is 1.67. The topological polar surface area (TPSA) is 68.3 Å². The maximum Gasteiger partial charge on any atom is 0.349 e. The number of thiophene rings is 1. The van der Waals surface area contributed by atoms with E-state index in [4.69, 9.17) is 4.74 Å². The van der Waals surface area contributed by atoms with Crippen LogP contribution in [0.25, 0.3) is 10.2 Å². The second-order valence-corrected chi connectivity index (χ2v) is 6.86. The number of hydrogen-bond donors (Lipinski definition) is 1. The van der Waals surface area contributed by atoms with E-state index in [1.54, 1.807) is 18.4 Å². The summed E-state index contributed by atoms with van der Waals surface area (Å²) < 4.78 is 44.9. The first kappa shape index (κ1) is 17.4. The summed E-state index contributed by atoms with van der Waals surface area (Å²) in [6, 6.07) is 2.54. The van der Waals surface area contributed by atoms with E-state index in [2.05, 4.69) is 10.3 Å². The largest absolute Gasteiger partial charge is 0.451 e. The van der Waals surface area contributed by atoms with Crippen molar-refractivity contribution in [2.24, 2.45) is 0 Å². The van der Waals surface area contributed by atoms with Crippen molar-refractivity contribution >= 4 is 49.9 Å². The molecule has 1 amide bonds. The van der Waals surface area contributed by atoms with Gasteiger partial charge in [0.1, 0.15) is 10.4 Å².